The monoisotopic (exact) mass is 474 g/mol. The van der Waals surface area contributed by atoms with Gasteiger partial charge in [-0.15, -0.1) is 0 Å². The van der Waals surface area contributed by atoms with Gasteiger partial charge in [-0.3, -0.25) is 18.7 Å². The molecule has 0 aliphatic heterocycles. The highest BCUT2D eigenvalue weighted by Gasteiger charge is 2.15. The zero-order valence-electron chi connectivity index (χ0n) is 16.3. The zero-order valence-corrected chi connectivity index (χ0v) is 17.9. The van der Waals surface area contributed by atoms with Gasteiger partial charge in [0.2, 0.25) is 0 Å². The highest BCUT2D eigenvalue weighted by Crippen LogP contribution is 2.21. The van der Waals surface area contributed by atoms with Crippen LogP contribution in [-0.2, 0) is 25.4 Å². The van der Waals surface area contributed by atoms with Crippen LogP contribution in [0.5, 0.6) is 5.75 Å². The molecule has 0 radical (unpaired) electrons. The number of fused-ring (bicyclic) bond motifs is 1. The zero-order chi connectivity index (χ0) is 21.8. The number of aromatic nitrogens is 4. The van der Waals surface area contributed by atoms with Crippen LogP contribution in [0.3, 0.4) is 0 Å². The number of nitrogens with zero attached hydrogens (tertiary/aromatic N) is 5. The first-order chi connectivity index (χ1) is 14.3. The summed E-state index contributed by atoms with van der Waals surface area (Å²) in [7, 11) is 2.88. The Bertz CT molecular complexity index is 1270. The highest BCUT2D eigenvalue weighted by molar-refractivity contribution is 9.10. The molecule has 0 saturated carbocycles. The number of hydrogen-bond donors (Lipinski definition) is 1. The lowest BCUT2D eigenvalue weighted by Gasteiger charge is -2.08. The van der Waals surface area contributed by atoms with Gasteiger partial charge >= 0.3 is 5.69 Å². The molecule has 10 nitrogen and oxygen atoms in total. The fraction of sp³-hybridized carbons (Fsp3) is 0.211. The van der Waals surface area contributed by atoms with Gasteiger partial charge in [0.05, 0.1) is 12.5 Å². The third-order valence-corrected chi connectivity index (χ3v) is 4.74. The van der Waals surface area contributed by atoms with E-state index in [4.69, 9.17) is 4.74 Å². The topological polar surface area (TPSA) is 113 Å². The van der Waals surface area contributed by atoms with Crippen molar-refractivity contribution in [1.29, 1.82) is 0 Å². The number of amides is 1. The molecular formula is C19H19BrN6O4. The van der Waals surface area contributed by atoms with Crippen LogP contribution in [0.4, 0.5) is 0 Å². The molecule has 0 atom stereocenters. The lowest BCUT2D eigenvalue weighted by molar-refractivity contribution is -0.121. The van der Waals surface area contributed by atoms with Crippen molar-refractivity contribution in [2.75, 3.05) is 6.61 Å². The van der Waals surface area contributed by atoms with Crippen molar-refractivity contribution in [2.45, 2.75) is 6.54 Å². The molecule has 3 rings (SSSR count). The second-order valence-corrected chi connectivity index (χ2v) is 7.24. The third-order valence-electron chi connectivity index (χ3n) is 4.24. The second-order valence-electron chi connectivity index (χ2n) is 6.33. The van der Waals surface area contributed by atoms with E-state index in [1.54, 1.807) is 18.2 Å². The lowest BCUT2D eigenvalue weighted by Crippen LogP contribution is -2.37. The molecular weight excluding hydrogens is 456 g/mol. The maximum absolute atomic E-state index is 12.3. The van der Waals surface area contributed by atoms with Crippen molar-refractivity contribution in [2.24, 2.45) is 19.2 Å². The largest absolute Gasteiger partial charge is 0.489 e. The van der Waals surface area contributed by atoms with E-state index in [0.717, 1.165) is 9.04 Å². The van der Waals surface area contributed by atoms with Crippen LogP contribution in [0.1, 0.15) is 5.56 Å². The van der Waals surface area contributed by atoms with Gasteiger partial charge < -0.3 is 9.30 Å². The Labute approximate surface area is 179 Å². The van der Waals surface area contributed by atoms with E-state index in [2.05, 4.69) is 38.0 Å². The predicted octanol–water partition coefficient (Wildman–Crippen LogP) is 0.911. The smallest absolute Gasteiger partial charge is 0.332 e. The summed E-state index contributed by atoms with van der Waals surface area (Å²) in [5, 5.41) is 3.96. The summed E-state index contributed by atoms with van der Waals surface area (Å²) in [4.78, 5) is 40.7. The standard InChI is InChI=1S/C19H19BrN6O4/c1-4-7-30-14-6-5-13(20)8-12(14)9-22-23-15(27)10-26-11-21-16-17(26)24(2)19(29)25(3)18(16)28/h4-6,8-9,11H,1,7,10H2,2-3H3,(H,23,27). The first-order valence-electron chi connectivity index (χ1n) is 8.79. The molecule has 1 N–H and O–H groups in total. The first kappa shape index (κ1) is 21.2. The molecule has 0 saturated heterocycles. The summed E-state index contributed by atoms with van der Waals surface area (Å²) in [6.45, 7) is 3.77. The number of aryl methyl sites for hydroxylation is 1. The van der Waals surface area contributed by atoms with Gasteiger partial charge in [-0.25, -0.2) is 15.2 Å². The molecule has 2 aromatic heterocycles. The quantitative estimate of drug-likeness (QED) is 0.310. The van der Waals surface area contributed by atoms with Crippen LogP contribution in [0.25, 0.3) is 11.2 Å². The fourth-order valence-corrected chi connectivity index (χ4v) is 3.20. The third kappa shape index (κ3) is 4.25. The number of rotatable bonds is 7. The first-order valence-corrected chi connectivity index (χ1v) is 9.58. The van der Waals surface area contributed by atoms with E-state index >= 15 is 0 Å². The van der Waals surface area contributed by atoms with Gasteiger partial charge in [-0.1, -0.05) is 28.6 Å². The normalized spacial score (nSPS) is 11.2. The minimum Gasteiger partial charge on any atom is -0.489 e. The number of imidazole rings is 1. The summed E-state index contributed by atoms with van der Waals surface area (Å²) in [5.41, 5.74) is 2.41. The Morgan fingerprint density at radius 2 is 2.10 bits per heavy atom. The van der Waals surface area contributed by atoms with Gasteiger partial charge in [0.1, 0.15) is 24.5 Å². The number of halogens is 1. The van der Waals surface area contributed by atoms with Gasteiger partial charge in [0.15, 0.2) is 5.52 Å². The van der Waals surface area contributed by atoms with Crippen LogP contribution in [0, 0.1) is 0 Å². The van der Waals surface area contributed by atoms with E-state index < -0.39 is 17.2 Å². The van der Waals surface area contributed by atoms with E-state index in [-0.39, 0.29) is 17.7 Å². The molecule has 156 valence electrons. The van der Waals surface area contributed by atoms with E-state index in [1.807, 2.05) is 6.07 Å². The maximum atomic E-state index is 12.3. The Kier molecular flexibility index (Phi) is 6.31. The molecule has 0 unspecified atom stereocenters. The molecule has 2 heterocycles. The molecule has 0 fully saturated rings. The molecule has 0 aliphatic carbocycles. The average Bonchev–Trinajstić information content (AvgIpc) is 3.13. The summed E-state index contributed by atoms with van der Waals surface area (Å²) in [6, 6.07) is 5.39. The number of nitrogens with one attached hydrogen (secondary N) is 1. The van der Waals surface area contributed by atoms with Crippen molar-refractivity contribution < 1.29 is 9.53 Å². The minimum absolute atomic E-state index is 0.106. The van der Waals surface area contributed by atoms with E-state index in [9.17, 15) is 14.4 Å². The van der Waals surface area contributed by atoms with Crippen LogP contribution in [0.15, 0.2) is 56.3 Å². The molecule has 11 heteroatoms. The van der Waals surface area contributed by atoms with Crippen LogP contribution in [-0.4, -0.2) is 37.4 Å². The second kappa shape index (κ2) is 8.91. The van der Waals surface area contributed by atoms with Crippen LogP contribution < -0.4 is 21.4 Å². The maximum Gasteiger partial charge on any atom is 0.332 e. The van der Waals surface area contributed by atoms with Crippen molar-refractivity contribution in [1.82, 2.24) is 24.1 Å². The Morgan fingerprint density at radius 3 is 2.83 bits per heavy atom. The lowest BCUT2D eigenvalue weighted by atomic mass is 10.2. The molecule has 3 aromatic rings. The minimum atomic E-state index is -0.521. The van der Waals surface area contributed by atoms with Crippen LogP contribution >= 0.6 is 15.9 Å². The number of carbonyl (C=O) groups is 1. The summed E-state index contributed by atoms with van der Waals surface area (Å²) < 4.78 is 10.0. The van der Waals surface area contributed by atoms with E-state index in [0.29, 0.717) is 17.9 Å². The van der Waals surface area contributed by atoms with Gasteiger partial charge in [-0.05, 0) is 18.2 Å². The highest BCUT2D eigenvalue weighted by atomic mass is 79.9. The molecule has 1 amide bonds. The Balaban J connectivity index is 1.78. The van der Waals surface area contributed by atoms with Crippen molar-refractivity contribution in [3.63, 3.8) is 0 Å². The summed E-state index contributed by atoms with van der Waals surface area (Å²) in [6.07, 6.45) is 4.42. The average molecular weight is 475 g/mol. The number of benzene rings is 1. The van der Waals surface area contributed by atoms with Crippen molar-refractivity contribution in [3.05, 3.63) is 68.1 Å². The number of ether oxygens (including phenoxy) is 1. The SMILES string of the molecule is C=CCOc1ccc(Br)cc1C=NNC(=O)Cn1cnc2c(=O)n(C)c(=O)n(C)c21. The molecule has 1 aromatic carbocycles. The number of carbonyl (C=O) groups excluding carboxylic acids is 1. The van der Waals surface area contributed by atoms with Crippen molar-refractivity contribution >= 4 is 39.2 Å². The van der Waals surface area contributed by atoms with Crippen LogP contribution in [0.2, 0.25) is 0 Å². The molecule has 0 aliphatic rings. The molecule has 0 bridgehead atoms. The molecule has 30 heavy (non-hydrogen) atoms. The van der Waals surface area contributed by atoms with Gasteiger partial charge in [0.25, 0.3) is 11.5 Å². The molecule has 0 spiro atoms. The van der Waals surface area contributed by atoms with Gasteiger partial charge in [0, 0.05) is 24.1 Å². The predicted molar refractivity (Wildman–Crippen MR) is 116 cm³/mol. The summed E-state index contributed by atoms with van der Waals surface area (Å²) in [5.74, 6) is 0.129. The van der Waals surface area contributed by atoms with E-state index in [1.165, 1.54) is 35.8 Å². The number of hydrogen-bond acceptors (Lipinski definition) is 6. The number of hydrazone groups is 1. The van der Waals surface area contributed by atoms with Gasteiger partial charge in [-0.2, -0.15) is 5.10 Å². The fourth-order valence-electron chi connectivity index (χ4n) is 2.82. The Hall–Kier alpha value is -3.47. The summed E-state index contributed by atoms with van der Waals surface area (Å²) >= 11 is 3.38. The Morgan fingerprint density at radius 1 is 1.33 bits per heavy atom. The van der Waals surface area contributed by atoms with Crippen molar-refractivity contribution in [3.8, 4) is 5.75 Å².